The second-order valence-electron chi connectivity index (χ2n) is 4.12. The number of terminal acetylenes is 1. The Morgan fingerprint density at radius 3 is 3.00 bits per heavy atom. The predicted octanol–water partition coefficient (Wildman–Crippen LogP) is 2.72. The molecule has 0 aliphatic carbocycles. The van der Waals surface area contributed by atoms with Gasteiger partial charge >= 0.3 is 0 Å². The van der Waals surface area contributed by atoms with Gasteiger partial charge in [0.15, 0.2) is 0 Å². The quantitative estimate of drug-likeness (QED) is 0.785. The zero-order chi connectivity index (χ0) is 13.1. The Kier molecular flexibility index (Phi) is 3.78. The van der Waals surface area contributed by atoms with Crippen LogP contribution >= 0.6 is 11.6 Å². The van der Waals surface area contributed by atoms with E-state index in [2.05, 4.69) is 5.92 Å². The molecule has 0 aromatic heterocycles. The second kappa shape index (κ2) is 5.32. The molecule has 0 radical (unpaired) electrons. The number of halogens is 1. The Labute approximate surface area is 112 Å². The van der Waals surface area contributed by atoms with Crippen molar-refractivity contribution >= 4 is 23.2 Å². The van der Waals surface area contributed by atoms with E-state index in [-0.39, 0.29) is 11.8 Å². The molecule has 18 heavy (non-hydrogen) atoms. The largest absolute Gasteiger partial charge is 0.492 e. The van der Waals surface area contributed by atoms with Crippen molar-refractivity contribution in [3.05, 3.63) is 23.2 Å². The Balaban J connectivity index is 2.35. The summed E-state index contributed by atoms with van der Waals surface area (Å²) in [5, 5.41) is 0.574. The third kappa shape index (κ3) is 2.44. The van der Waals surface area contributed by atoms with Crippen LogP contribution in [0.2, 0.25) is 5.02 Å². The van der Waals surface area contributed by atoms with Crippen molar-refractivity contribution < 1.29 is 9.53 Å². The molecule has 1 aliphatic heterocycles. The highest BCUT2D eigenvalue weighted by molar-refractivity contribution is 6.31. The van der Waals surface area contributed by atoms with E-state index in [0.717, 1.165) is 0 Å². The third-order valence-electron chi connectivity index (χ3n) is 2.87. The lowest BCUT2D eigenvalue weighted by molar-refractivity contribution is -0.117. The number of benzene rings is 1. The van der Waals surface area contributed by atoms with E-state index in [1.54, 1.807) is 23.1 Å². The van der Waals surface area contributed by atoms with Crippen molar-refractivity contribution in [1.82, 2.24) is 0 Å². The van der Waals surface area contributed by atoms with Crippen molar-refractivity contribution in [3.63, 3.8) is 0 Å². The smallest absolute Gasteiger partial charge is 0.228 e. The minimum absolute atomic E-state index is 0.0150. The number of nitrogens with zero attached hydrogens (tertiary/aromatic N) is 1. The molecule has 0 N–H and O–H groups in total. The maximum atomic E-state index is 11.9. The standard InChI is InChI=1S/C14H14ClNO2/c1-3-10-7-14(17)16(9-10)12-8-11(15)5-6-13(12)18-4-2/h1,5-6,8,10H,4,7,9H2,2H3. The summed E-state index contributed by atoms with van der Waals surface area (Å²) in [5.41, 5.74) is 0.701. The van der Waals surface area contributed by atoms with Gasteiger partial charge in [0.05, 0.1) is 12.3 Å². The molecule has 1 aromatic carbocycles. The number of hydrogen-bond donors (Lipinski definition) is 0. The number of carbonyl (C=O) groups excluding carboxylic acids is 1. The molecule has 1 aromatic rings. The van der Waals surface area contributed by atoms with Crippen molar-refractivity contribution in [1.29, 1.82) is 0 Å². The molecular formula is C14H14ClNO2. The molecule has 1 atom stereocenters. The fourth-order valence-electron chi connectivity index (χ4n) is 2.03. The van der Waals surface area contributed by atoms with Crippen LogP contribution < -0.4 is 9.64 Å². The highest BCUT2D eigenvalue weighted by Crippen LogP contribution is 2.35. The Hall–Kier alpha value is -1.66. The number of amides is 1. The van der Waals surface area contributed by atoms with Gasteiger partial charge in [0.25, 0.3) is 0 Å². The molecule has 1 fully saturated rings. The summed E-state index contributed by atoms with van der Waals surface area (Å²) < 4.78 is 5.52. The second-order valence-corrected chi connectivity index (χ2v) is 4.55. The summed E-state index contributed by atoms with van der Waals surface area (Å²) in [4.78, 5) is 13.6. The van der Waals surface area contributed by atoms with Crippen molar-refractivity contribution in [2.75, 3.05) is 18.1 Å². The first-order valence-corrected chi connectivity index (χ1v) is 6.22. The van der Waals surface area contributed by atoms with Gasteiger partial charge in [-0.1, -0.05) is 11.6 Å². The first kappa shape index (κ1) is 12.8. The zero-order valence-corrected chi connectivity index (χ0v) is 10.9. The third-order valence-corrected chi connectivity index (χ3v) is 3.11. The van der Waals surface area contributed by atoms with Gasteiger partial charge < -0.3 is 9.64 Å². The molecule has 3 nitrogen and oxygen atoms in total. The lowest BCUT2D eigenvalue weighted by Crippen LogP contribution is -2.25. The van der Waals surface area contributed by atoms with Gasteiger partial charge in [0, 0.05) is 23.9 Å². The van der Waals surface area contributed by atoms with Crippen LogP contribution in [0.3, 0.4) is 0 Å². The van der Waals surface area contributed by atoms with E-state index < -0.39 is 0 Å². The van der Waals surface area contributed by atoms with E-state index in [4.69, 9.17) is 22.8 Å². The van der Waals surface area contributed by atoms with Crippen LogP contribution in [0.4, 0.5) is 5.69 Å². The van der Waals surface area contributed by atoms with Crippen LogP contribution in [-0.4, -0.2) is 19.1 Å². The minimum atomic E-state index is -0.0361. The van der Waals surface area contributed by atoms with E-state index in [1.165, 1.54) is 0 Å². The number of carbonyl (C=O) groups is 1. The molecule has 1 heterocycles. The monoisotopic (exact) mass is 263 g/mol. The van der Waals surface area contributed by atoms with E-state index in [9.17, 15) is 4.79 Å². The lowest BCUT2D eigenvalue weighted by Gasteiger charge is -2.20. The molecule has 0 spiro atoms. The first-order valence-electron chi connectivity index (χ1n) is 5.84. The van der Waals surface area contributed by atoms with E-state index in [1.807, 2.05) is 6.92 Å². The van der Waals surface area contributed by atoms with Gasteiger partial charge in [-0.05, 0) is 25.1 Å². The van der Waals surface area contributed by atoms with Crippen LogP contribution in [0.15, 0.2) is 18.2 Å². The van der Waals surface area contributed by atoms with Crippen LogP contribution in [0, 0.1) is 18.3 Å². The maximum absolute atomic E-state index is 11.9. The Morgan fingerprint density at radius 1 is 1.61 bits per heavy atom. The molecule has 0 saturated carbocycles. The van der Waals surface area contributed by atoms with Crippen LogP contribution in [0.1, 0.15) is 13.3 Å². The number of hydrogen-bond acceptors (Lipinski definition) is 2. The summed E-state index contributed by atoms with van der Waals surface area (Å²) in [5.74, 6) is 3.26. The summed E-state index contributed by atoms with van der Waals surface area (Å²) in [6, 6.07) is 5.26. The molecular weight excluding hydrogens is 250 g/mol. The molecule has 2 rings (SSSR count). The van der Waals surface area contributed by atoms with Gasteiger partial charge in [-0.3, -0.25) is 4.79 Å². The van der Waals surface area contributed by atoms with Gasteiger partial charge in [-0.15, -0.1) is 12.3 Å². The van der Waals surface area contributed by atoms with Gasteiger partial charge in [0.2, 0.25) is 5.91 Å². The summed E-state index contributed by atoms with van der Waals surface area (Å²) in [6.45, 7) is 2.96. The summed E-state index contributed by atoms with van der Waals surface area (Å²) in [6.07, 6.45) is 5.76. The zero-order valence-electron chi connectivity index (χ0n) is 10.1. The number of rotatable bonds is 3. The summed E-state index contributed by atoms with van der Waals surface area (Å²) >= 11 is 5.98. The van der Waals surface area contributed by atoms with Crippen molar-refractivity contribution in [2.45, 2.75) is 13.3 Å². The maximum Gasteiger partial charge on any atom is 0.228 e. The minimum Gasteiger partial charge on any atom is -0.492 e. The molecule has 1 amide bonds. The topological polar surface area (TPSA) is 29.5 Å². The summed E-state index contributed by atoms with van der Waals surface area (Å²) in [7, 11) is 0. The Morgan fingerprint density at radius 2 is 2.39 bits per heavy atom. The average Bonchev–Trinajstić information content (AvgIpc) is 2.73. The Bertz CT molecular complexity index is 507. The predicted molar refractivity (Wildman–Crippen MR) is 71.9 cm³/mol. The molecule has 4 heteroatoms. The van der Waals surface area contributed by atoms with E-state index in [0.29, 0.717) is 36.0 Å². The normalized spacial score (nSPS) is 18.8. The molecule has 1 unspecified atom stereocenters. The molecule has 1 aliphatic rings. The van der Waals surface area contributed by atoms with Crippen LogP contribution in [0.5, 0.6) is 5.75 Å². The molecule has 1 saturated heterocycles. The average molecular weight is 264 g/mol. The van der Waals surface area contributed by atoms with Gasteiger partial charge in [0.1, 0.15) is 5.75 Å². The van der Waals surface area contributed by atoms with Crippen molar-refractivity contribution in [2.24, 2.45) is 5.92 Å². The lowest BCUT2D eigenvalue weighted by atomic mass is 10.1. The van der Waals surface area contributed by atoms with Crippen LogP contribution in [-0.2, 0) is 4.79 Å². The SMILES string of the molecule is C#CC1CC(=O)N(c2cc(Cl)ccc2OCC)C1. The fraction of sp³-hybridized carbons (Fsp3) is 0.357. The van der Waals surface area contributed by atoms with Gasteiger partial charge in [-0.2, -0.15) is 0 Å². The first-order chi connectivity index (χ1) is 8.65. The highest BCUT2D eigenvalue weighted by atomic mass is 35.5. The number of ether oxygens (including phenoxy) is 1. The van der Waals surface area contributed by atoms with E-state index >= 15 is 0 Å². The van der Waals surface area contributed by atoms with Crippen molar-refractivity contribution in [3.8, 4) is 18.1 Å². The fourth-order valence-corrected chi connectivity index (χ4v) is 2.20. The highest BCUT2D eigenvalue weighted by Gasteiger charge is 2.31. The van der Waals surface area contributed by atoms with Gasteiger partial charge in [-0.25, -0.2) is 0 Å². The molecule has 0 bridgehead atoms. The van der Waals surface area contributed by atoms with Crippen LogP contribution in [0.25, 0.3) is 0 Å². The number of anilines is 1. The molecule has 94 valence electrons.